The van der Waals surface area contributed by atoms with Crippen LogP contribution in [0.1, 0.15) is 58.6 Å². The van der Waals surface area contributed by atoms with Crippen LogP contribution in [0.4, 0.5) is 0 Å². The molecule has 1 aromatic heterocycles. The number of unbranched alkanes of at least 4 members (excludes halogenated alkanes) is 1. The summed E-state index contributed by atoms with van der Waals surface area (Å²) in [5, 5.41) is 0.197. The first-order valence-corrected chi connectivity index (χ1v) is 12.7. The molecule has 0 N–H and O–H groups in total. The van der Waals surface area contributed by atoms with Crippen molar-refractivity contribution in [2.75, 3.05) is 12.9 Å². The highest BCUT2D eigenvalue weighted by atomic mass is 32.2. The van der Waals surface area contributed by atoms with E-state index in [2.05, 4.69) is 23.4 Å². The minimum atomic E-state index is -0.198. The maximum absolute atomic E-state index is 12.4. The molecule has 2 rings (SSSR count). The fourth-order valence-electron chi connectivity index (χ4n) is 3.14. The Hall–Kier alpha value is -2.45. The van der Waals surface area contributed by atoms with Gasteiger partial charge >= 0.3 is 5.97 Å². The quantitative estimate of drug-likeness (QED) is 0.150. The first-order valence-electron chi connectivity index (χ1n) is 11.5. The number of carbonyl (C=O) groups excluding carboxylic acids is 1. The Bertz CT molecular complexity index is 835. The Balaban J connectivity index is 0.00000249. The zero-order valence-corrected chi connectivity index (χ0v) is 20.7. The van der Waals surface area contributed by atoms with Crippen LogP contribution in [-0.2, 0) is 16.0 Å². The molecule has 0 aliphatic carbocycles. The maximum atomic E-state index is 12.4. The largest absolute Gasteiger partial charge is 0.466 e. The Labute approximate surface area is 198 Å². The van der Waals surface area contributed by atoms with Gasteiger partial charge in [-0.15, -0.1) is 18.4 Å². The van der Waals surface area contributed by atoms with Crippen molar-refractivity contribution in [1.29, 1.82) is 0 Å². The van der Waals surface area contributed by atoms with Gasteiger partial charge in [0.05, 0.1) is 18.2 Å². The molecule has 0 spiro atoms. The standard InChI is InChI=1S/C25H31NO3S.C2H6/c1-4-6-18-23(30-3)22(25(27)28-5-2)17-13-8-7-12-16-21-19-29-24(26-21)20-14-10-9-11-15-20;1-2/h4,9-11,14-15,19,22-23H,1,5-7,12,16-18H2,2-3H3;1-2H3. The fourth-order valence-corrected chi connectivity index (χ4v) is 4.05. The molecule has 0 saturated heterocycles. The smallest absolute Gasteiger partial charge is 0.311 e. The number of aryl methyl sites for hydroxylation is 1. The van der Waals surface area contributed by atoms with Crippen LogP contribution in [0.25, 0.3) is 11.5 Å². The first kappa shape index (κ1) is 27.6. The highest BCUT2D eigenvalue weighted by Crippen LogP contribution is 2.26. The van der Waals surface area contributed by atoms with Gasteiger partial charge in [-0.3, -0.25) is 4.79 Å². The molecule has 0 radical (unpaired) electrons. The Morgan fingerprint density at radius 2 is 2.03 bits per heavy atom. The molecule has 0 saturated carbocycles. The Morgan fingerprint density at radius 3 is 2.69 bits per heavy atom. The molecule has 0 bridgehead atoms. The predicted octanol–water partition coefficient (Wildman–Crippen LogP) is 6.96. The minimum Gasteiger partial charge on any atom is -0.466 e. The fraction of sp³-hybridized carbons (Fsp3) is 0.481. The highest BCUT2D eigenvalue weighted by molar-refractivity contribution is 7.99. The van der Waals surface area contributed by atoms with E-state index in [1.165, 1.54) is 0 Å². The number of hydrogen-bond donors (Lipinski definition) is 0. The van der Waals surface area contributed by atoms with Crippen molar-refractivity contribution in [3.63, 3.8) is 0 Å². The average molecular weight is 456 g/mol. The Morgan fingerprint density at radius 1 is 1.28 bits per heavy atom. The Kier molecular flexibility index (Phi) is 14.8. The van der Waals surface area contributed by atoms with Crippen LogP contribution in [0.2, 0.25) is 0 Å². The number of oxazole rings is 1. The van der Waals surface area contributed by atoms with Crippen molar-refractivity contribution in [2.45, 2.75) is 64.5 Å². The number of thioether (sulfide) groups is 1. The summed E-state index contributed by atoms with van der Waals surface area (Å²) in [4.78, 5) is 16.9. The summed E-state index contributed by atoms with van der Waals surface area (Å²) in [7, 11) is 0. The number of ether oxygens (including phenoxy) is 1. The molecule has 5 heteroatoms. The van der Waals surface area contributed by atoms with Gasteiger partial charge < -0.3 is 9.15 Å². The minimum absolute atomic E-state index is 0.147. The zero-order valence-electron chi connectivity index (χ0n) is 19.9. The third-order valence-corrected chi connectivity index (χ3v) is 5.92. The van der Waals surface area contributed by atoms with Gasteiger partial charge in [0, 0.05) is 23.7 Å². The molecule has 2 aromatic rings. The molecule has 2 unspecified atom stereocenters. The molecular formula is C27H37NO3S. The van der Waals surface area contributed by atoms with Gasteiger partial charge in [0.1, 0.15) is 6.26 Å². The molecule has 1 aromatic carbocycles. The zero-order chi connectivity index (χ0) is 23.6. The van der Waals surface area contributed by atoms with E-state index in [9.17, 15) is 4.79 Å². The summed E-state index contributed by atoms with van der Waals surface area (Å²) in [5.74, 6) is 6.72. The van der Waals surface area contributed by atoms with E-state index in [1.54, 1.807) is 18.0 Å². The van der Waals surface area contributed by atoms with E-state index in [-0.39, 0.29) is 17.1 Å². The molecule has 1 heterocycles. The van der Waals surface area contributed by atoms with Crippen molar-refractivity contribution in [1.82, 2.24) is 4.98 Å². The number of carbonyl (C=O) groups is 1. The van der Waals surface area contributed by atoms with Crippen molar-refractivity contribution >= 4 is 17.7 Å². The molecule has 0 fully saturated rings. The van der Waals surface area contributed by atoms with Crippen LogP contribution in [0.3, 0.4) is 0 Å². The van der Waals surface area contributed by atoms with Crippen LogP contribution in [-0.4, -0.2) is 29.1 Å². The molecule has 0 aliphatic rings. The molecule has 2 atom stereocenters. The maximum Gasteiger partial charge on any atom is 0.311 e. The molecule has 0 amide bonds. The van der Waals surface area contributed by atoms with Crippen molar-refractivity contribution in [2.24, 2.45) is 5.92 Å². The third-order valence-electron chi connectivity index (χ3n) is 4.75. The van der Waals surface area contributed by atoms with E-state index >= 15 is 0 Å². The summed E-state index contributed by atoms with van der Waals surface area (Å²) < 4.78 is 10.8. The number of benzene rings is 1. The van der Waals surface area contributed by atoms with Gasteiger partial charge in [-0.05, 0) is 51.0 Å². The lowest BCUT2D eigenvalue weighted by Gasteiger charge is -2.22. The summed E-state index contributed by atoms with van der Waals surface area (Å²) in [5.41, 5.74) is 1.92. The van der Waals surface area contributed by atoms with E-state index in [0.717, 1.165) is 43.4 Å². The summed E-state index contributed by atoms with van der Waals surface area (Å²) in [6.07, 6.45) is 10.5. The van der Waals surface area contributed by atoms with Crippen LogP contribution >= 0.6 is 11.8 Å². The molecule has 4 nitrogen and oxygen atoms in total. The van der Waals surface area contributed by atoms with Crippen LogP contribution in [0, 0.1) is 17.8 Å². The normalized spacial score (nSPS) is 11.9. The summed E-state index contributed by atoms with van der Waals surface area (Å²) in [6.45, 7) is 10.0. The van der Waals surface area contributed by atoms with Crippen molar-refractivity contribution < 1.29 is 13.9 Å². The second kappa shape index (κ2) is 17.1. The molecular weight excluding hydrogens is 418 g/mol. The van der Waals surface area contributed by atoms with Crippen LogP contribution < -0.4 is 0 Å². The van der Waals surface area contributed by atoms with Gasteiger partial charge in [-0.2, -0.15) is 11.8 Å². The lowest BCUT2D eigenvalue weighted by atomic mass is 9.97. The van der Waals surface area contributed by atoms with Crippen LogP contribution in [0.15, 0.2) is 53.7 Å². The predicted molar refractivity (Wildman–Crippen MR) is 135 cm³/mol. The van der Waals surface area contributed by atoms with Gasteiger partial charge in [0.2, 0.25) is 5.89 Å². The van der Waals surface area contributed by atoms with Crippen LogP contribution in [0.5, 0.6) is 0 Å². The van der Waals surface area contributed by atoms with Gasteiger partial charge in [0.15, 0.2) is 0 Å². The molecule has 0 aliphatic heterocycles. The molecule has 174 valence electrons. The van der Waals surface area contributed by atoms with E-state index in [1.807, 2.05) is 63.4 Å². The summed E-state index contributed by atoms with van der Waals surface area (Å²) >= 11 is 1.70. The second-order valence-corrected chi connectivity index (χ2v) is 8.00. The van der Waals surface area contributed by atoms with E-state index in [0.29, 0.717) is 18.9 Å². The number of aromatic nitrogens is 1. The lowest BCUT2D eigenvalue weighted by Crippen LogP contribution is -2.27. The topological polar surface area (TPSA) is 52.3 Å². The summed E-state index contributed by atoms with van der Waals surface area (Å²) in [6, 6.07) is 9.88. The van der Waals surface area contributed by atoms with E-state index in [4.69, 9.17) is 9.15 Å². The van der Waals surface area contributed by atoms with Gasteiger partial charge in [-0.25, -0.2) is 4.98 Å². The average Bonchev–Trinajstić information content (AvgIpc) is 3.31. The second-order valence-electron chi connectivity index (χ2n) is 6.92. The number of esters is 1. The number of allylic oxidation sites excluding steroid dienone is 1. The van der Waals surface area contributed by atoms with Gasteiger partial charge in [-0.1, -0.05) is 38.1 Å². The number of hydrogen-bond acceptors (Lipinski definition) is 5. The van der Waals surface area contributed by atoms with E-state index < -0.39 is 0 Å². The number of rotatable bonds is 12. The number of nitrogens with zero attached hydrogens (tertiary/aromatic N) is 1. The molecule has 32 heavy (non-hydrogen) atoms. The monoisotopic (exact) mass is 455 g/mol. The SMILES string of the molecule is C=CCCC(SC)C(CC#CCCCc1coc(-c2ccccc2)n1)C(=O)OCC.CC. The first-order chi connectivity index (χ1) is 15.7. The lowest BCUT2D eigenvalue weighted by molar-refractivity contribution is -0.147. The van der Waals surface area contributed by atoms with Crippen molar-refractivity contribution in [3.8, 4) is 23.3 Å². The van der Waals surface area contributed by atoms with Crippen molar-refractivity contribution in [3.05, 3.63) is 54.9 Å². The third kappa shape index (κ3) is 9.78. The highest BCUT2D eigenvalue weighted by Gasteiger charge is 2.27. The van der Waals surface area contributed by atoms with Gasteiger partial charge in [0.25, 0.3) is 0 Å².